The van der Waals surface area contributed by atoms with Crippen molar-refractivity contribution in [2.75, 3.05) is 18.0 Å². The Morgan fingerprint density at radius 3 is 2.72 bits per heavy atom. The summed E-state index contributed by atoms with van der Waals surface area (Å²) in [5.41, 5.74) is 7.04. The molecule has 3 nitrogen and oxygen atoms in total. The second-order valence-corrected chi connectivity index (χ2v) is 7.28. The van der Waals surface area contributed by atoms with Crippen LogP contribution in [-0.2, 0) is 6.42 Å². The molecule has 3 N–H and O–H groups in total. The molecule has 0 saturated carbocycles. The second kappa shape index (κ2) is 7.00. The molecule has 18 heavy (non-hydrogen) atoms. The highest BCUT2D eigenvalue weighted by Crippen LogP contribution is 2.24. The molecule has 0 radical (unpaired) electrons. The zero-order valence-corrected chi connectivity index (χ0v) is 12.7. The van der Waals surface area contributed by atoms with Crippen molar-refractivity contribution < 1.29 is 0 Å². The van der Waals surface area contributed by atoms with Crippen LogP contribution in [0.25, 0.3) is 0 Å². The number of anilines is 1. The van der Waals surface area contributed by atoms with Crippen molar-refractivity contribution >= 4 is 17.6 Å². The highest BCUT2D eigenvalue weighted by Gasteiger charge is 2.16. The third-order valence-corrected chi connectivity index (χ3v) is 4.04. The average molecular weight is 267 g/mol. The van der Waals surface area contributed by atoms with Crippen molar-refractivity contribution in [3.63, 3.8) is 0 Å². The van der Waals surface area contributed by atoms with E-state index in [1.807, 2.05) is 17.8 Å². The number of nitrogens with zero attached hydrogens (tertiary/aromatic N) is 1. The minimum atomic E-state index is 0.300. The number of nitrogens with one attached hydrogen (secondary N) is 1. The van der Waals surface area contributed by atoms with Crippen LogP contribution in [0.3, 0.4) is 0 Å². The van der Waals surface area contributed by atoms with Gasteiger partial charge >= 0.3 is 0 Å². The zero-order valence-electron chi connectivity index (χ0n) is 11.9. The van der Waals surface area contributed by atoms with E-state index in [0.717, 1.165) is 24.3 Å². The lowest BCUT2D eigenvalue weighted by Crippen LogP contribution is -2.34. The molecule has 0 aliphatic carbocycles. The lowest BCUT2D eigenvalue weighted by Gasteiger charge is -2.24. The number of rotatable bonds is 6. The van der Waals surface area contributed by atoms with Crippen LogP contribution in [-0.4, -0.2) is 28.1 Å². The molecule has 0 aromatic carbocycles. The average Bonchev–Trinajstić information content (AvgIpc) is 2.28. The van der Waals surface area contributed by atoms with Crippen LogP contribution in [0.15, 0.2) is 18.3 Å². The van der Waals surface area contributed by atoms with Gasteiger partial charge < -0.3 is 11.1 Å². The van der Waals surface area contributed by atoms with Crippen molar-refractivity contribution in [1.82, 2.24) is 10.3 Å². The van der Waals surface area contributed by atoms with Crippen molar-refractivity contribution in [2.24, 2.45) is 0 Å². The Kier molecular flexibility index (Phi) is 5.96. The molecule has 1 unspecified atom stereocenters. The molecule has 1 heterocycles. The fourth-order valence-electron chi connectivity index (χ4n) is 1.72. The predicted molar refractivity (Wildman–Crippen MR) is 82.0 cm³/mol. The van der Waals surface area contributed by atoms with Crippen LogP contribution in [0.2, 0.25) is 0 Å². The van der Waals surface area contributed by atoms with E-state index in [4.69, 9.17) is 5.73 Å². The number of thioether (sulfide) groups is 1. The van der Waals surface area contributed by atoms with E-state index in [-0.39, 0.29) is 0 Å². The van der Waals surface area contributed by atoms with Gasteiger partial charge in [0.25, 0.3) is 0 Å². The largest absolute Gasteiger partial charge is 0.383 e. The van der Waals surface area contributed by atoms with E-state index >= 15 is 0 Å². The van der Waals surface area contributed by atoms with Crippen molar-refractivity contribution in [2.45, 2.75) is 44.9 Å². The third kappa shape index (κ3) is 5.74. The summed E-state index contributed by atoms with van der Waals surface area (Å²) < 4.78 is 0.300. The summed E-state index contributed by atoms with van der Waals surface area (Å²) in [4.78, 5) is 4.14. The van der Waals surface area contributed by atoms with Gasteiger partial charge in [0.2, 0.25) is 0 Å². The lowest BCUT2D eigenvalue weighted by atomic mass is 10.1. The summed E-state index contributed by atoms with van der Waals surface area (Å²) in [6, 6.07) is 4.46. The van der Waals surface area contributed by atoms with Crippen molar-refractivity contribution in [3.05, 3.63) is 23.9 Å². The van der Waals surface area contributed by atoms with E-state index < -0.39 is 0 Å². The van der Waals surface area contributed by atoms with Gasteiger partial charge in [0.15, 0.2) is 0 Å². The molecule has 1 rings (SSSR count). The van der Waals surface area contributed by atoms with Crippen molar-refractivity contribution in [3.8, 4) is 0 Å². The molecule has 0 spiro atoms. The predicted octanol–water partition coefficient (Wildman–Crippen LogP) is 2.72. The van der Waals surface area contributed by atoms with Gasteiger partial charge in [-0.05, 0) is 24.6 Å². The summed E-state index contributed by atoms with van der Waals surface area (Å²) in [5.74, 6) is 1.74. The van der Waals surface area contributed by atoms with E-state index in [1.165, 1.54) is 0 Å². The standard InChI is InChI=1S/C14H25N3S/c1-5-16-12(10-18-14(2,3)4)9-11-7-6-8-17-13(11)15/h6-8,12,16H,5,9-10H2,1-4H3,(H2,15,17). The maximum atomic E-state index is 5.90. The number of nitrogen functional groups attached to an aromatic ring is 1. The SMILES string of the molecule is CCNC(CSC(C)(C)C)Cc1cccnc1N. The Balaban J connectivity index is 2.60. The van der Waals surface area contributed by atoms with Gasteiger partial charge in [-0.15, -0.1) is 0 Å². The van der Waals surface area contributed by atoms with Gasteiger partial charge in [0.1, 0.15) is 5.82 Å². The van der Waals surface area contributed by atoms with Gasteiger partial charge in [-0.2, -0.15) is 11.8 Å². The van der Waals surface area contributed by atoms with Gasteiger partial charge in [-0.25, -0.2) is 4.98 Å². The minimum absolute atomic E-state index is 0.300. The van der Waals surface area contributed by atoms with E-state index in [0.29, 0.717) is 16.6 Å². The smallest absolute Gasteiger partial charge is 0.126 e. The van der Waals surface area contributed by atoms with E-state index in [2.05, 4.69) is 44.1 Å². The monoisotopic (exact) mass is 267 g/mol. The fraction of sp³-hybridized carbons (Fsp3) is 0.643. The molecule has 0 amide bonds. The van der Waals surface area contributed by atoms with Gasteiger partial charge in [0, 0.05) is 22.7 Å². The van der Waals surface area contributed by atoms with Gasteiger partial charge in [-0.1, -0.05) is 33.8 Å². The van der Waals surface area contributed by atoms with Crippen LogP contribution < -0.4 is 11.1 Å². The third-order valence-electron chi connectivity index (χ3n) is 2.60. The first-order valence-electron chi connectivity index (χ1n) is 6.49. The van der Waals surface area contributed by atoms with Crippen molar-refractivity contribution in [1.29, 1.82) is 0 Å². The molecule has 0 fully saturated rings. The van der Waals surface area contributed by atoms with Crippen LogP contribution in [0, 0.1) is 0 Å². The lowest BCUT2D eigenvalue weighted by molar-refractivity contribution is 0.570. The molecule has 4 heteroatoms. The first kappa shape index (κ1) is 15.3. The molecule has 1 aromatic rings. The second-order valence-electron chi connectivity index (χ2n) is 5.43. The maximum absolute atomic E-state index is 5.90. The first-order chi connectivity index (χ1) is 8.42. The Hall–Kier alpha value is -0.740. The van der Waals surface area contributed by atoms with Crippen LogP contribution >= 0.6 is 11.8 Å². The van der Waals surface area contributed by atoms with Crippen LogP contribution in [0.5, 0.6) is 0 Å². The topological polar surface area (TPSA) is 50.9 Å². The highest BCUT2D eigenvalue weighted by atomic mass is 32.2. The summed E-state index contributed by atoms with van der Waals surface area (Å²) in [7, 11) is 0. The first-order valence-corrected chi connectivity index (χ1v) is 7.47. The molecule has 0 aliphatic rings. The number of nitrogens with two attached hydrogens (primary N) is 1. The minimum Gasteiger partial charge on any atom is -0.383 e. The number of hydrogen-bond acceptors (Lipinski definition) is 4. The number of aromatic nitrogens is 1. The Labute approximate surface area is 115 Å². The quantitative estimate of drug-likeness (QED) is 0.832. The molecular weight excluding hydrogens is 242 g/mol. The molecule has 1 aromatic heterocycles. The van der Waals surface area contributed by atoms with E-state index in [9.17, 15) is 0 Å². The van der Waals surface area contributed by atoms with Crippen LogP contribution in [0.4, 0.5) is 5.82 Å². The summed E-state index contributed by atoms with van der Waals surface area (Å²) in [6.45, 7) is 9.87. The Morgan fingerprint density at radius 2 is 2.17 bits per heavy atom. The summed E-state index contributed by atoms with van der Waals surface area (Å²) in [5, 5.41) is 3.53. The van der Waals surface area contributed by atoms with Gasteiger partial charge in [0.05, 0.1) is 0 Å². The highest BCUT2D eigenvalue weighted by molar-refractivity contribution is 8.00. The molecule has 0 aliphatic heterocycles. The summed E-state index contributed by atoms with van der Waals surface area (Å²) in [6.07, 6.45) is 2.68. The normalized spacial score (nSPS) is 13.6. The number of hydrogen-bond donors (Lipinski definition) is 2. The summed E-state index contributed by atoms with van der Waals surface area (Å²) >= 11 is 1.98. The van der Waals surface area contributed by atoms with Crippen LogP contribution in [0.1, 0.15) is 33.3 Å². The zero-order chi connectivity index (χ0) is 13.6. The number of pyridine rings is 1. The fourth-order valence-corrected chi connectivity index (χ4v) is 2.66. The Bertz CT molecular complexity index is 360. The molecular formula is C14H25N3S. The maximum Gasteiger partial charge on any atom is 0.126 e. The molecule has 0 saturated heterocycles. The van der Waals surface area contributed by atoms with Gasteiger partial charge in [-0.3, -0.25) is 0 Å². The molecule has 1 atom stereocenters. The molecule has 0 bridgehead atoms. The Morgan fingerprint density at radius 1 is 1.44 bits per heavy atom. The number of likely N-dealkylation sites (N-methyl/N-ethyl adjacent to an activating group) is 1. The van der Waals surface area contributed by atoms with E-state index in [1.54, 1.807) is 6.20 Å². The molecule has 102 valence electrons.